The van der Waals surface area contributed by atoms with Gasteiger partial charge in [-0.1, -0.05) is 13.8 Å². The van der Waals surface area contributed by atoms with Crippen molar-refractivity contribution >= 4 is 18.0 Å². The number of nitrogens with zero attached hydrogens (tertiary/aromatic N) is 2. The number of carboxylic acid groups (broad SMARTS) is 1. The molecule has 2 saturated heterocycles. The van der Waals surface area contributed by atoms with Crippen LogP contribution in [0.15, 0.2) is 0 Å². The van der Waals surface area contributed by atoms with Crippen LogP contribution in [0.25, 0.3) is 0 Å². The number of hydrogen-bond donors (Lipinski definition) is 1. The molecule has 0 saturated carbocycles. The first kappa shape index (κ1) is 18.5. The fourth-order valence-electron chi connectivity index (χ4n) is 3.62. The molecule has 2 aliphatic heterocycles. The highest BCUT2D eigenvalue weighted by atomic mass is 16.6. The third-order valence-corrected chi connectivity index (χ3v) is 4.77. The van der Waals surface area contributed by atoms with Gasteiger partial charge in [0.05, 0.1) is 5.41 Å². The number of ether oxygens (including phenoxy) is 1. The van der Waals surface area contributed by atoms with Crippen molar-refractivity contribution in [1.82, 2.24) is 9.80 Å². The Bertz CT molecular complexity index is 540. The maximum absolute atomic E-state index is 12.9. The van der Waals surface area contributed by atoms with Gasteiger partial charge in [-0.25, -0.2) is 9.59 Å². The highest BCUT2D eigenvalue weighted by Gasteiger charge is 2.54. The number of carboxylic acids is 1. The van der Waals surface area contributed by atoms with E-state index in [1.54, 1.807) is 39.5 Å². The lowest BCUT2D eigenvalue weighted by Crippen LogP contribution is -2.48. The molecule has 7 nitrogen and oxygen atoms in total. The lowest BCUT2D eigenvalue weighted by atomic mass is 9.85. The topological polar surface area (TPSA) is 87.2 Å². The third-order valence-electron chi connectivity index (χ3n) is 4.77. The second-order valence-electron chi connectivity index (χ2n) is 8.21. The zero-order chi connectivity index (χ0) is 18.3. The second kappa shape index (κ2) is 6.26. The molecule has 2 rings (SSSR count). The number of likely N-dealkylation sites (tertiary alicyclic amines) is 2. The minimum absolute atomic E-state index is 0.144. The fourth-order valence-corrected chi connectivity index (χ4v) is 3.62. The minimum atomic E-state index is -0.975. The number of aliphatic carboxylic acids is 1. The molecule has 2 amide bonds. The standard InChI is InChI=1S/C17H28N2O5/c1-11(2)12(13(20)21)19-9-7-17(14(19)22)6-8-18(10-17)15(23)24-16(3,4)5/h11-12H,6-10H2,1-5H3,(H,20,21). The van der Waals surface area contributed by atoms with E-state index >= 15 is 0 Å². The molecule has 24 heavy (non-hydrogen) atoms. The highest BCUT2D eigenvalue weighted by Crippen LogP contribution is 2.42. The lowest BCUT2D eigenvalue weighted by molar-refractivity contribution is -0.152. The molecule has 0 aromatic rings. The van der Waals surface area contributed by atoms with E-state index in [0.717, 1.165) is 0 Å². The van der Waals surface area contributed by atoms with Crippen LogP contribution in [0.2, 0.25) is 0 Å². The van der Waals surface area contributed by atoms with Gasteiger partial charge in [-0.05, 0) is 39.5 Å². The summed E-state index contributed by atoms with van der Waals surface area (Å²) in [5.74, 6) is -1.28. The SMILES string of the molecule is CC(C)C(C(=O)O)N1CCC2(CCN(C(=O)OC(C)(C)C)C2)C1=O. The zero-order valence-corrected chi connectivity index (χ0v) is 15.2. The summed E-state index contributed by atoms with van der Waals surface area (Å²) in [7, 11) is 0. The van der Waals surface area contributed by atoms with Crippen molar-refractivity contribution in [1.29, 1.82) is 0 Å². The normalized spacial score (nSPS) is 25.7. The molecule has 1 spiro atoms. The summed E-state index contributed by atoms with van der Waals surface area (Å²) in [6.45, 7) is 10.2. The lowest BCUT2D eigenvalue weighted by Gasteiger charge is -2.30. The van der Waals surface area contributed by atoms with Gasteiger partial charge in [0.1, 0.15) is 11.6 Å². The molecule has 1 N–H and O–H groups in total. The number of amides is 2. The Labute approximate surface area is 142 Å². The van der Waals surface area contributed by atoms with Gasteiger partial charge in [0.2, 0.25) is 5.91 Å². The van der Waals surface area contributed by atoms with Crippen LogP contribution in [0.1, 0.15) is 47.5 Å². The molecule has 0 aromatic heterocycles. The minimum Gasteiger partial charge on any atom is -0.480 e. The van der Waals surface area contributed by atoms with Crippen molar-refractivity contribution in [3.63, 3.8) is 0 Å². The second-order valence-corrected chi connectivity index (χ2v) is 8.21. The molecule has 7 heteroatoms. The van der Waals surface area contributed by atoms with Crippen LogP contribution in [0.4, 0.5) is 4.79 Å². The average molecular weight is 340 g/mol. The van der Waals surface area contributed by atoms with Crippen molar-refractivity contribution in [3.8, 4) is 0 Å². The van der Waals surface area contributed by atoms with Gasteiger partial charge in [0.15, 0.2) is 0 Å². The van der Waals surface area contributed by atoms with Gasteiger partial charge in [-0.15, -0.1) is 0 Å². The molecule has 2 aliphatic rings. The van der Waals surface area contributed by atoms with Crippen LogP contribution in [-0.4, -0.2) is 64.2 Å². The van der Waals surface area contributed by atoms with Crippen molar-refractivity contribution < 1.29 is 24.2 Å². The molecule has 0 aliphatic carbocycles. The predicted octanol–water partition coefficient (Wildman–Crippen LogP) is 1.96. The maximum atomic E-state index is 12.9. The number of carbonyl (C=O) groups excluding carboxylic acids is 2. The van der Waals surface area contributed by atoms with Crippen LogP contribution in [0.5, 0.6) is 0 Å². The monoisotopic (exact) mass is 340 g/mol. The van der Waals surface area contributed by atoms with Gasteiger partial charge in [0.25, 0.3) is 0 Å². The first-order chi connectivity index (χ1) is 11.0. The van der Waals surface area contributed by atoms with Crippen molar-refractivity contribution in [2.75, 3.05) is 19.6 Å². The fraction of sp³-hybridized carbons (Fsp3) is 0.824. The third kappa shape index (κ3) is 3.49. The summed E-state index contributed by atoms with van der Waals surface area (Å²) >= 11 is 0. The van der Waals surface area contributed by atoms with Gasteiger partial charge in [0, 0.05) is 19.6 Å². The maximum Gasteiger partial charge on any atom is 0.410 e. The molecule has 136 valence electrons. The van der Waals surface area contributed by atoms with Crippen molar-refractivity contribution in [2.24, 2.45) is 11.3 Å². The Morgan fingerprint density at radius 2 is 1.79 bits per heavy atom. The van der Waals surface area contributed by atoms with E-state index in [0.29, 0.717) is 32.5 Å². The van der Waals surface area contributed by atoms with E-state index in [2.05, 4.69) is 0 Å². The predicted molar refractivity (Wildman–Crippen MR) is 87.4 cm³/mol. The molecular weight excluding hydrogens is 312 g/mol. The van der Waals surface area contributed by atoms with Crippen molar-refractivity contribution in [3.05, 3.63) is 0 Å². The quantitative estimate of drug-likeness (QED) is 0.848. The van der Waals surface area contributed by atoms with E-state index in [1.807, 2.05) is 0 Å². The van der Waals surface area contributed by atoms with Crippen LogP contribution in [-0.2, 0) is 14.3 Å². The van der Waals surface area contributed by atoms with E-state index in [9.17, 15) is 19.5 Å². The average Bonchev–Trinajstić information content (AvgIpc) is 2.97. The molecule has 2 heterocycles. The van der Waals surface area contributed by atoms with Crippen molar-refractivity contribution in [2.45, 2.75) is 59.1 Å². The summed E-state index contributed by atoms with van der Waals surface area (Å²) in [6.07, 6.45) is 0.734. The smallest absolute Gasteiger partial charge is 0.410 e. The van der Waals surface area contributed by atoms with E-state index < -0.39 is 29.1 Å². The molecule has 0 radical (unpaired) electrons. The zero-order valence-electron chi connectivity index (χ0n) is 15.2. The van der Waals surface area contributed by atoms with Gasteiger partial charge in [-0.3, -0.25) is 4.79 Å². The molecular formula is C17H28N2O5. The highest BCUT2D eigenvalue weighted by molar-refractivity contribution is 5.90. The number of hydrogen-bond acceptors (Lipinski definition) is 4. The summed E-state index contributed by atoms with van der Waals surface area (Å²) < 4.78 is 5.38. The Morgan fingerprint density at radius 1 is 1.21 bits per heavy atom. The Kier molecular flexibility index (Phi) is 4.84. The summed E-state index contributed by atoms with van der Waals surface area (Å²) in [5.41, 5.74) is -1.23. The first-order valence-electron chi connectivity index (χ1n) is 8.49. The van der Waals surface area contributed by atoms with Crippen LogP contribution in [0, 0.1) is 11.3 Å². The van der Waals surface area contributed by atoms with E-state index in [-0.39, 0.29) is 11.8 Å². The van der Waals surface area contributed by atoms with E-state index in [1.165, 1.54) is 4.90 Å². The van der Waals surface area contributed by atoms with E-state index in [4.69, 9.17) is 4.74 Å². The number of rotatable bonds is 3. The van der Waals surface area contributed by atoms with Gasteiger partial charge >= 0.3 is 12.1 Å². The molecule has 2 unspecified atom stereocenters. The first-order valence-corrected chi connectivity index (χ1v) is 8.49. The summed E-state index contributed by atoms with van der Waals surface area (Å²) in [4.78, 5) is 39.7. The largest absolute Gasteiger partial charge is 0.480 e. The Hall–Kier alpha value is -1.79. The Morgan fingerprint density at radius 3 is 2.29 bits per heavy atom. The summed E-state index contributed by atoms with van der Waals surface area (Å²) in [5, 5.41) is 9.44. The number of carbonyl (C=O) groups is 3. The summed E-state index contributed by atoms with van der Waals surface area (Å²) in [6, 6.07) is -0.813. The van der Waals surface area contributed by atoms with Crippen LogP contribution < -0.4 is 0 Å². The van der Waals surface area contributed by atoms with Crippen LogP contribution in [0.3, 0.4) is 0 Å². The molecule has 0 bridgehead atoms. The molecule has 0 aromatic carbocycles. The Balaban J connectivity index is 2.10. The van der Waals surface area contributed by atoms with Crippen LogP contribution >= 0.6 is 0 Å². The van der Waals surface area contributed by atoms with Gasteiger partial charge < -0.3 is 19.6 Å². The van der Waals surface area contributed by atoms with Gasteiger partial charge in [-0.2, -0.15) is 0 Å². The molecule has 2 atom stereocenters. The molecule has 2 fully saturated rings.